The first-order valence-corrected chi connectivity index (χ1v) is 6.77. The summed E-state index contributed by atoms with van der Waals surface area (Å²) in [6.45, 7) is -0.857. The number of guanidine groups is 1. The maximum Gasteiger partial charge on any atom is 0.311 e. The van der Waals surface area contributed by atoms with Gasteiger partial charge in [-0.3, -0.25) is 0 Å². The van der Waals surface area contributed by atoms with E-state index in [4.69, 9.17) is 15.2 Å². The molecule has 0 aromatic rings. The highest BCUT2D eigenvalue weighted by Gasteiger charge is 2.82. The summed E-state index contributed by atoms with van der Waals surface area (Å²) in [6, 6.07) is 0. The van der Waals surface area contributed by atoms with Crippen LogP contribution in [-0.4, -0.2) is 91.0 Å². The Morgan fingerprint density at radius 1 is 1.18 bits per heavy atom. The lowest BCUT2D eigenvalue weighted by Gasteiger charge is -2.71. The van der Waals surface area contributed by atoms with Crippen molar-refractivity contribution in [2.24, 2.45) is 16.6 Å². The molecule has 124 valence electrons. The van der Waals surface area contributed by atoms with Crippen molar-refractivity contribution < 1.29 is 40.1 Å². The molecule has 4 bridgehead atoms. The summed E-state index contributed by atoms with van der Waals surface area (Å²) in [6.07, 6.45) is -7.77. The molecule has 4 fully saturated rings. The van der Waals surface area contributed by atoms with Gasteiger partial charge in [-0.15, -0.1) is 0 Å². The van der Waals surface area contributed by atoms with Gasteiger partial charge in [0, 0.05) is 0 Å². The summed E-state index contributed by atoms with van der Waals surface area (Å²) >= 11 is 0. The molecule has 22 heavy (non-hydrogen) atoms. The summed E-state index contributed by atoms with van der Waals surface area (Å²) in [5.41, 5.74) is 1.74. The largest absolute Gasteiger partial charge is 0.393 e. The van der Waals surface area contributed by atoms with Crippen molar-refractivity contribution in [2.45, 2.75) is 47.8 Å². The Hall–Kier alpha value is -1.05. The van der Waals surface area contributed by atoms with Gasteiger partial charge in [-0.1, -0.05) is 0 Å². The third kappa shape index (κ3) is 1.28. The van der Waals surface area contributed by atoms with Gasteiger partial charge in [-0.2, -0.15) is 0 Å². The number of ether oxygens (including phenoxy) is 2. The van der Waals surface area contributed by atoms with E-state index in [1.165, 1.54) is 0 Å². The van der Waals surface area contributed by atoms with E-state index in [2.05, 4.69) is 10.3 Å². The quantitative estimate of drug-likeness (QED) is 0.231. The maximum atomic E-state index is 10.6. The van der Waals surface area contributed by atoms with Gasteiger partial charge >= 0.3 is 5.97 Å². The van der Waals surface area contributed by atoms with Crippen LogP contribution < -0.4 is 11.1 Å². The molecule has 3 saturated heterocycles. The van der Waals surface area contributed by atoms with Crippen LogP contribution in [0.15, 0.2) is 4.99 Å². The van der Waals surface area contributed by atoms with E-state index < -0.39 is 60.3 Å². The molecular weight excluding hydrogens is 302 g/mol. The fourth-order valence-corrected chi connectivity index (χ4v) is 4.24. The molecule has 5 rings (SSSR count). The average Bonchev–Trinajstić information content (AvgIpc) is 2.45. The highest BCUT2D eigenvalue weighted by Crippen LogP contribution is 2.58. The number of aliphatic imine (C=N–C) groups is 1. The van der Waals surface area contributed by atoms with Crippen molar-refractivity contribution in [3.05, 3.63) is 0 Å². The van der Waals surface area contributed by atoms with Crippen LogP contribution in [0.2, 0.25) is 0 Å². The lowest BCUT2D eigenvalue weighted by molar-refractivity contribution is -0.548. The third-order valence-electron chi connectivity index (χ3n) is 5.22. The summed E-state index contributed by atoms with van der Waals surface area (Å²) in [5, 5.41) is 64.3. The molecule has 11 heteroatoms. The van der Waals surface area contributed by atoms with Gasteiger partial charge in [0.1, 0.15) is 29.5 Å². The minimum absolute atomic E-state index is 0.250. The van der Waals surface area contributed by atoms with Gasteiger partial charge in [0.05, 0.1) is 12.5 Å². The van der Waals surface area contributed by atoms with Crippen molar-refractivity contribution in [3.8, 4) is 0 Å². The number of nitrogens with two attached hydrogens (primary N) is 1. The molecule has 5 aliphatic rings. The van der Waals surface area contributed by atoms with Crippen molar-refractivity contribution in [1.29, 1.82) is 0 Å². The molecule has 4 aliphatic heterocycles. The van der Waals surface area contributed by atoms with Gasteiger partial charge in [0.2, 0.25) is 0 Å². The normalized spacial score (nSPS) is 62.4. The standard InChI is InChI=1S/C11H17N3O8/c12-8-13-6(17)2-4-9(19,1-15)5-3(16)10(2,14-8)7(18)11(20,21-4)22-5/h2-7,15-20H,1H2,(H3,12,13,14)/t2-,3+,4-,5?,6-,7+,9-,10-,11?/m1/s1. The second kappa shape index (κ2) is 3.88. The first kappa shape index (κ1) is 14.5. The minimum atomic E-state index is -2.52. The highest BCUT2D eigenvalue weighted by molar-refractivity contribution is 5.80. The Balaban J connectivity index is 1.95. The molecule has 9 atom stereocenters. The zero-order chi connectivity index (χ0) is 16.1. The molecule has 0 amide bonds. The van der Waals surface area contributed by atoms with Crippen LogP contribution >= 0.6 is 0 Å². The number of hydrogen-bond acceptors (Lipinski definition) is 11. The van der Waals surface area contributed by atoms with Gasteiger partial charge in [-0.05, 0) is 0 Å². The van der Waals surface area contributed by atoms with Crippen LogP contribution in [0.5, 0.6) is 0 Å². The van der Waals surface area contributed by atoms with Crippen molar-refractivity contribution in [3.63, 3.8) is 0 Å². The van der Waals surface area contributed by atoms with E-state index in [0.717, 1.165) is 0 Å². The van der Waals surface area contributed by atoms with E-state index in [-0.39, 0.29) is 5.96 Å². The number of rotatable bonds is 1. The van der Waals surface area contributed by atoms with Crippen LogP contribution in [0.3, 0.4) is 0 Å². The van der Waals surface area contributed by atoms with Crippen LogP contribution in [0.4, 0.5) is 0 Å². The first-order valence-electron chi connectivity index (χ1n) is 6.77. The predicted molar refractivity (Wildman–Crippen MR) is 65.7 cm³/mol. The Labute approximate surface area is 123 Å². The number of nitrogens with zero attached hydrogens (tertiary/aromatic N) is 1. The SMILES string of the molecule is NC1=N[C@H](O)[C@H]2[C@H]3OC4(O)OC([C@H](O)[C@@]2(N1)[C@@H]4O)[C@@]3(O)CO. The molecule has 0 aromatic carbocycles. The maximum absolute atomic E-state index is 10.6. The summed E-state index contributed by atoms with van der Waals surface area (Å²) in [4.78, 5) is 3.70. The number of hydrogen-bond donors (Lipinski definition) is 8. The molecule has 9 N–H and O–H groups in total. The van der Waals surface area contributed by atoms with Gasteiger partial charge in [0.15, 0.2) is 18.3 Å². The first-order chi connectivity index (χ1) is 10.2. The molecule has 2 unspecified atom stereocenters. The zero-order valence-electron chi connectivity index (χ0n) is 11.2. The molecule has 1 spiro atoms. The molecule has 1 aliphatic carbocycles. The second-order valence-electron chi connectivity index (χ2n) is 6.22. The van der Waals surface area contributed by atoms with E-state index in [0.29, 0.717) is 0 Å². The fraction of sp³-hybridized carbons (Fsp3) is 0.909. The zero-order valence-corrected chi connectivity index (χ0v) is 11.2. The Morgan fingerprint density at radius 3 is 2.45 bits per heavy atom. The van der Waals surface area contributed by atoms with Crippen LogP contribution in [0.1, 0.15) is 0 Å². The average molecular weight is 319 g/mol. The number of aliphatic hydroxyl groups is 6. The van der Waals surface area contributed by atoms with E-state index in [9.17, 15) is 30.6 Å². The number of aliphatic hydroxyl groups excluding tert-OH is 4. The molecular formula is C11H17N3O8. The van der Waals surface area contributed by atoms with Crippen molar-refractivity contribution >= 4 is 5.96 Å². The molecule has 1 saturated carbocycles. The molecule has 0 radical (unpaired) electrons. The van der Waals surface area contributed by atoms with Crippen molar-refractivity contribution in [1.82, 2.24) is 5.32 Å². The second-order valence-corrected chi connectivity index (χ2v) is 6.22. The van der Waals surface area contributed by atoms with Gasteiger partial charge in [0.25, 0.3) is 0 Å². The summed E-state index contributed by atoms with van der Waals surface area (Å²) in [5.74, 6) is -3.95. The highest BCUT2D eigenvalue weighted by atomic mass is 16.9. The van der Waals surface area contributed by atoms with Crippen LogP contribution in [0.25, 0.3) is 0 Å². The monoisotopic (exact) mass is 319 g/mol. The van der Waals surface area contributed by atoms with Crippen molar-refractivity contribution in [2.75, 3.05) is 6.61 Å². The molecule has 4 heterocycles. The van der Waals surface area contributed by atoms with E-state index in [1.807, 2.05) is 0 Å². The summed E-state index contributed by atoms with van der Waals surface area (Å²) in [7, 11) is 0. The lowest BCUT2D eigenvalue weighted by atomic mass is 9.55. The molecule has 11 nitrogen and oxygen atoms in total. The smallest absolute Gasteiger partial charge is 0.311 e. The van der Waals surface area contributed by atoms with Gasteiger partial charge < -0.3 is 51.2 Å². The minimum Gasteiger partial charge on any atom is -0.393 e. The van der Waals surface area contributed by atoms with E-state index in [1.54, 1.807) is 0 Å². The number of nitrogens with one attached hydrogen (secondary N) is 1. The topological polar surface area (TPSA) is 190 Å². The Bertz CT molecular complexity index is 561. The Kier molecular flexibility index (Phi) is 2.57. The van der Waals surface area contributed by atoms with E-state index >= 15 is 0 Å². The van der Waals surface area contributed by atoms with Crippen LogP contribution in [0, 0.1) is 5.92 Å². The lowest BCUT2D eigenvalue weighted by Crippen LogP contribution is -2.95. The summed E-state index contributed by atoms with van der Waals surface area (Å²) < 4.78 is 10.3. The Morgan fingerprint density at radius 2 is 1.82 bits per heavy atom. The fourth-order valence-electron chi connectivity index (χ4n) is 4.24. The third-order valence-corrected chi connectivity index (χ3v) is 5.22. The van der Waals surface area contributed by atoms with Crippen LogP contribution in [-0.2, 0) is 9.47 Å². The predicted octanol–water partition coefficient (Wildman–Crippen LogP) is -5.52. The van der Waals surface area contributed by atoms with Gasteiger partial charge in [-0.25, -0.2) is 4.99 Å². The molecule has 0 aromatic heterocycles.